The topological polar surface area (TPSA) is 30.5 Å². The maximum absolute atomic E-state index is 3.99. The molecule has 1 saturated heterocycles. The van der Waals surface area contributed by atoms with Gasteiger partial charge in [0.2, 0.25) is 0 Å². The summed E-state index contributed by atoms with van der Waals surface area (Å²) in [4.78, 5) is 5.44. The van der Waals surface area contributed by atoms with Gasteiger partial charge in [-0.15, -0.1) is 0 Å². The Kier molecular flexibility index (Phi) is 8.70. The minimum atomic E-state index is 0.589. The molecule has 1 aliphatic heterocycles. The lowest BCUT2D eigenvalue weighted by Crippen LogP contribution is -2.60. The van der Waals surface area contributed by atoms with Gasteiger partial charge >= 0.3 is 0 Å². The molecule has 0 spiro atoms. The van der Waals surface area contributed by atoms with E-state index >= 15 is 0 Å². The highest BCUT2D eigenvalue weighted by molar-refractivity contribution is 4.84. The van der Waals surface area contributed by atoms with E-state index in [-0.39, 0.29) is 0 Å². The third kappa shape index (κ3) is 5.92. The standard InChI is InChI=1S/C22H44N4/c1-3-21(23-19-11-7-5-8-12-19)25-15-17-26(18-16-25)22(4-2)24-20-13-9-6-10-14-20/h19-24H,3-18H2,1-2H3. The summed E-state index contributed by atoms with van der Waals surface area (Å²) < 4.78 is 0. The van der Waals surface area contributed by atoms with E-state index in [0.717, 1.165) is 12.1 Å². The van der Waals surface area contributed by atoms with Crippen molar-refractivity contribution >= 4 is 0 Å². The molecule has 0 radical (unpaired) electrons. The van der Waals surface area contributed by atoms with E-state index in [1.54, 1.807) is 0 Å². The van der Waals surface area contributed by atoms with Crippen molar-refractivity contribution < 1.29 is 0 Å². The molecule has 2 unspecified atom stereocenters. The summed E-state index contributed by atoms with van der Waals surface area (Å²) in [5, 5.41) is 7.98. The highest BCUT2D eigenvalue weighted by Crippen LogP contribution is 2.21. The Morgan fingerprint density at radius 3 is 1.27 bits per heavy atom. The minimum absolute atomic E-state index is 0.589. The summed E-state index contributed by atoms with van der Waals surface area (Å²) >= 11 is 0. The predicted molar refractivity (Wildman–Crippen MR) is 111 cm³/mol. The van der Waals surface area contributed by atoms with Crippen molar-refractivity contribution in [3.8, 4) is 0 Å². The summed E-state index contributed by atoms with van der Waals surface area (Å²) in [6, 6.07) is 1.53. The fraction of sp³-hybridized carbons (Fsp3) is 1.00. The molecule has 0 amide bonds. The molecule has 4 heteroatoms. The Balaban J connectivity index is 1.43. The monoisotopic (exact) mass is 364 g/mol. The van der Waals surface area contributed by atoms with Crippen molar-refractivity contribution in [3.63, 3.8) is 0 Å². The van der Waals surface area contributed by atoms with Gasteiger partial charge in [0.05, 0.1) is 12.3 Å². The van der Waals surface area contributed by atoms with Gasteiger partial charge in [-0.1, -0.05) is 52.4 Å². The molecule has 26 heavy (non-hydrogen) atoms. The van der Waals surface area contributed by atoms with E-state index in [4.69, 9.17) is 0 Å². The molecule has 2 atom stereocenters. The molecule has 3 aliphatic rings. The van der Waals surface area contributed by atoms with E-state index in [0.29, 0.717) is 12.3 Å². The Morgan fingerprint density at radius 2 is 0.962 bits per heavy atom. The van der Waals surface area contributed by atoms with Crippen molar-refractivity contribution in [1.29, 1.82) is 0 Å². The van der Waals surface area contributed by atoms with Crippen LogP contribution in [0.2, 0.25) is 0 Å². The molecule has 2 aliphatic carbocycles. The normalized spacial score (nSPS) is 27.5. The van der Waals surface area contributed by atoms with Gasteiger partial charge in [-0.3, -0.25) is 20.4 Å². The van der Waals surface area contributed by atoms with E-state index in [1.807, 2.05) is 0 Å². The van der Waals surface area contributed by atoms with Crippen molar-refractivity contribution in [2.45, 2.75) is 115 Å². The first-order chi connectivity index (χ1) is 12.8. The highest BCUT2D eigenvalue weighted by atomic mass is 15.4. The first kappa shape index (κ1) is 20.6. The van der Waals surface area contributed by atoms with Crippen molar-refractivity contribution in [3.05, 3.63) is 0 Å². The third-order valence-electron chi connectivity index (χ3n) is 7.07. The fourth-order valence-corrected chi connectivity index (χ4v) is 5.41. The van der Waals surface area contributed by atoms with Crippen LogP contribution in [0.1, 0.15) is 90.9 Å². The molecule has 3 fully saturated rings. The number of rotatable bonds is 8. The molecular formula is C22H44N4. The van der Waals surface area contributed by atoms with Gasteiger partial charge in [0.25, 0.3) is 0 Å². The minimum Gasteiger partial charge on any atom is -0.299 e. The maximum Gasteiger partial charge on any atom is 0.0597 e. The zero-order chi connectivity index (χ0) is 18.2. The number of hydrogen-bond acceptors (Lipinski definition) is 4. The number of nitrogens with one attached hydrogen (secondary N) is 2. The van der Waals surface area contributed by atoms with Crippen LogP contribution in [0.4, 0.5) is 0 Å². The van der Waals surface area contributed by atoms with E-state index in [1.165, 1.54) is 103 Å². The quantitative estimate of drug-likeness (QED) is 0.683. The summed E-state index contributed by atoms with van der Waals surface area (Å²) in [5.74, 6) is 0. The third-order valence-corrected chi connectivity index (χ3v) is 7.07. The van der Waals surface area contributed by atoms with Gasteiger partial charge in [-0.25, -0.2) is 0 Å². The Hall–Kier alpha value is -0.160. The van der Waals surface area contributed by atoms with Crippen LogP contribution < -0.4 is 10.6 Å². The summed E-state index contributed by atoms with van der Waals surface area (Å²) in [5.41, 5.74) is 0. The van der Waals surface area contributed by atoms with Crippen LogP contribution in [-0.4, -0.2) is 60.4 Å². The van der Waals surface area contributed by atoms with E-state index < -0.39 is 0 Å². The van der Waals surface area contributed by atoms with Crippen molar-refractivity contribution in [2.24, 2.45) is 0 Å². The average Bonchev–Trinajstić information content (AvgIpc) is 2.72. The highest BCUT2D eigenvalue weighted by Gasteiger charge is 2.28. The van der Waals surface area contributed by atoms with Crippen LogP contribution in [0.15, 0.2) is 0 Å². The van der Waals surface area contributed by atoms with Gasteiger partial charge in [-0.2, -0.15) is 0 Å². The number of piperazine rings is 1. The molecular weight excluding hydrogens is 320 g/mol. The second kappa shape index (κ2) is 11.0. The van der Waals surface area contributed by atoms with E-state index in [2.05, 4.69) is 34.3 Å². The lowest BCUT2D eigenvalue weighted by atomic mass is 9.95. The van der Waals surface area contributed by atoms with Crippen molar-refractivity contribution in [2.75, 3.05) is 26.2 Å². The maximum atomic E-state index is 3.99. The first-order valence-electron chi connectivity index (χ1n) is 11.8. The van der Waals surface area contributed by atoms with E-state index in [9.17, 15) is 0 Å². The molecule has 4 nitrogen and oxygen atoms in total. The first-order valence-corrected chi connectivity index (χ1v) is 11.8. The molecule has 0 aromatic rings. The Bertz CT molecular complexity index is 332. The van der Waals surface area contributed by atoms with Crippen LogP contribution in [0.5, 0.6) is 0 Å². The Labute approximate surface area is 162 Å². The largest absolute Gasteiger partial charge is 0.299 e. The van der Waals surface area contributed by atoms with Gasteiger partial charge in [-0.05, 0) is 38.5 Å². The Morgan fingerprint density at radius 1 is 0.615 bits per heavy atom. The summed E-state index contributed by atoms with van der Waals surface area (Å²) in [6.07, 6.45) is 17.8. The fourth-order valence-electron chi connectivity index (χ4n) is 5.41. The second-order valence-corrected chi connectivity index (χ2v) is 8.92. The zero-order valence-corrected chi connectivity index (χ0v) is 17.5. The zero-order valence-electron chi connectivity index (χ0n) is 17.5. The molecule has 2 N–H and O–H groups in total. The van der Waals surface area contributed by atoms with Crippen LogP contribution in [0.3, 0.4) is 0 Å². The predicted octanol–water partition coefficient (Wildman–Crippen LogP) is 3.92. The SMILES string of the molecule is CCC(NC1CCCCC1)N1CCN(C(CC)NC2CCCCC2)CC1. The molecule has 2 saturated carbocycles. The molecule has 0 aromatic carbocycles. The number of nitrogens with zero attached hydrogens (tertiary/aromatic N) is 2. The average molecular weight is 365 g/mol. The second-order valence-electron chi connectivity index (χ2n) is 8.92. The summed E-state index contributed by atoms with van der Waals surface area (Å²) in [6.45, 7) is 9.60. The van der Waals surface area contributed by atoms with Crippen LogP contribution in [0, 0.1) is 0 Å². The molecule has 0 aromatic heterocycles. The van der Waals surface area contributed by atoms with Crippen LogP contribution in [-0.2, 0) is 0 Å². The van der Waals surface area contributed by atoms with Crippen LogP contribution >= 0.6 is 0 Å². The molecule has 1 heterocycles. The number of hydrogen-bond donors (Lipinski definition) is 2. The van der Waals surface area contributed by atoms with Crippen molar-refractivity contribution in [1.82, 2.24) is 20.4 Å². The summed E-state index contributed by atoms with van der Waals surface area (Å²) in [7, 11) is 0. The van der Waals surface area contributed by atoms with Gasteiger partial charge < -0.3 is 0 Å². The lowest BCUT2D eigenvalue weighted by molar-refractivity contribution is 0.0349. The van der Waals surface area contributed by atoms with Gasteiger partial charge in [0.15, 0.2) is 0 Å². The molecule has 0 bridgehead atoms. The van der Waals surface area contributed by atoms with Gasteiger partial charge in [0.1, 0.15) is 0 Å². The molecule has 3 rings (SSSR count). The van der Waals surface area contributed by atoms with Crippen LogP contribution in [0.25, 0.3) is 0 Å². The smallest absolute Gasteiger partial charge is 0.0597 e. The van der Waals surface area contributed by atoms with Gasteiger partial charge in [0, 0.05) is 38.3 Å². The molecule has 152 valence electrons. The lowest BCUT2D eigenvalue weighted by Gasteiger charge is -2.44.